The summed E-state index contributed by atoms with van der Waals surface area (Å²) in [7, 11) is 1.84. The third kappa shape index (κ3) is 5.70. The van der Waals surface area contributed by atoms with E-state index in [1.807, 2.05) is 13.2 Å². The largest absolute Gasteiger partial charge is 0.361 e. The number of benzene rings is 1. The Morgan fingerprint density at radius 2 is 2.00 bits per heavy atom. The van der Waals surface area contributed by atoms with Gasteiger partial charge in [-0.25, -0.2) is 4.98 Å². The van der Waals surface area contributed by atoms with Gasteiger partial charge in [-0.2, -0.15) is 0 Å². The maximum atomic E-state index is 4.56. The van der Waals surface area contributed by atoms with Crippen LogP contribution in [0.4, 0.5) is 5.82 Å². The zero-order valence-electron chi connectivity index (χ0n) is 18.6. The Morgan fingerprint density at radius 1 is 1.19 bits per heavy atom. The van der Waals surface area contributed by atoms with Crippen LogP contribution in [-0.4, -0.2) is 48.7 Å². The molecule has 1 aliphatic heterocycles. The first-order valence-corrected chi connectivity index (χ1v) is 10.8. The number of pyridine rings is 1. The molecule has 6 nitrogen and oxygen atoms in total. The number of H-pyrrole nitrogens is 1. The number of hydrogen-bond donors (Lipinski definition) is 3. The van der Waals surface area contributed by atoms with E-state index in [1.165, 1.54) is 27.6 Å². The number of aryl methyl sites for hydroxylation is 2. The fourth-order valence-corrected chi connectivity index (χ4v) is 4.17. The number of nitrogens with one attached hydrogen (secondary N) is 3. The van der Waals surface area contributed by atoms with Crippen molar-refractivity contribution in [3.8, 4) is 0 Å². The lowest BCUT2D eigenvalue weighted by Gasteiger charge is -2.33. The van der Waals surface area contributed by atoms with Crippen LogP contribution in [0.25, 0.3) is 10.9 Å². The van der Waals surface area contributed by atoms with Crippen molar-refractivity contribution >= 4 is 46.7 Å². The first-order chi connectivity index (χ1) is 14.6. The molecule has 1 saturated heterocycles. The smallest absolute Gasteiger partial charge is 0.191 e. The van der Waals surface area contributed by atoms with E-state index in [9.17, 15) is 0 Å². The summed E-state index contributed by atoms with van der Waals surface area (Å²) >= 11 is 0. The van der Waals surface area contributed by atoms with Gasteiger partial charge in [-0.15, -0.1) is 24.0 Å². The first kappa shape index (κ1) is 23.4. The van der Waals surface area contributed by atoms with E-state index in [2.05, 4.69) is 80.9 Å². The second-order valence-corrected chi connectivity index (χ2v) is 8.16. The predicted octanol–water partition coefficient (Wildman–Crippen LogP) is 4.17. The number of aliphatic imine (C=N–C) groups is 1. The zero-order chi connectivity index (χ0) is 20.9. The van der Waals surface area contributed by atoms with Crippen LogP contribution >= 0.6 is 24.0 Å². The SMILES string of the molecule is CN=C(NCCc1c[nH]c2c(C)cccc12)NC1CCN(c2ccc(C)cn2)CC1.I. The van der Waals surface area contributed by atoms with Crippen molar-refractivity contribution in [3.63, 3.8) is 0 Å². The van der Waals surface area contributed by atoms with Crippen LogP contribution in [0.5, 0.6) is 0 Å². The summed E-state index contributed by atoms with van der Waals surface area (Å²) in [6.07, 6.45) is 7.20. The predicted molar refractivity (Wildman–Crippen MR) is 141 cm³/mol. The van der Waals surface area contributed by atoms with Gasteiger partial charge in [0.25, 0.3) is 0 Å². The molecule has 0 aliphatic carbocycles. The molecular weight excluding hydrogens is 499 g/mol. The number of halogens is 1. The molecule has 166 valence electrons. The number of guanidine groups is 1. The minimum absolute atomic E-state index is 0. The highest BCUT2D eigenvalue weighted by atomic mass is 127. The van der Waals surface area contributed by atoms with Crippen molar-refractivity contribution in [2.45, 2.75) is 39.2 Å². The summed E-state index contributed by atoms with van der Waals surface area (Å²) in [5, 5.41) is 8.40. The average molecular weight is 532 g/mol. The minimum Gasteiger partial charge on any atom is -0.361 e. The van der Waals surface area contributed by atoms with Crippen LogP contribution in [0, 0.1) is 13.8 Å². The minimum atomic E-state index is 0. The molecule has 0 unspecified atom stereocenters. The van der Waals surface area contributed by atoms with Gasteiger partial charge >= 0.3 is 0 Å². The van der Waals surface area contributed by atoms with Gasteiger partial charge in [0, 0.05) is 56.0 Å². The number of aromatic amines is 1. The Morgan fingerprint density at radius 3 is 2.71 bits per heavy atom. The molecule has 0 spiro atoms. The number of rotatable bonds is 5. The maximum Gasteiger partial charge on any atom is 0.191 e. The average Bonchev–Trinajstić information content (AvgIpc) is 3.18. The van der Waals surface area contributed by atoms with Gasteiger partial charge in [0.1, 0.15) is 5.82 Å². The monoisotopic (exact) mass is 532 g/mol. The molecule has 1 aromatic carbocycles. The molecule has 1 fully saturated rings. The summed E-state index contributed by atoms with van der Waals surface area (Å²) in [6, 6.07) is 11.2. The molecule has 7 heteroatoms. The molecule has 3 heterocycles. The number of piperidine rings is 1. The molecule has 2 aromatic heterocycles. The van der Waals surface area contributed by atoms with E-state index < -0.39 is 0 Å². The lowest BCUT2D eigenvalue weighted by atomic mass is 10.1. The fraction of sp³-hybridized carbons (Fsp3) is 0.417. The van der Waals surface area contributed by atoms with Crippen LogP contribution in [0.1, 0.15) is 29.5 Å². The van der Waals surface area contributed by atoms with Crippen LogP contribution in [0.3, 0.4) is 0 Å². The molecule has 3 aromatic rings. The molecular formula is C24H33IN6. The van der Waals surface area contributed by atoms with E-state index in [1.54, 1.807) is 0 Å². The fourth-order valence-electron chi connectivity index (χ4n) is 4.17. The lowest BCUT2D eigenvalue weighted by molar-refractivity contribution is 0.459. The van der Waals surface area contributed by atoms with E-state index in [4.69, 9.17) is 0 Å². The van der Waals surface area contributed by atoms with E-state index in [0.29, 0.717) is 6.04 Å². The van der Waals surface area contributed by atoms with Crippen molar-refractivity contribution in [1.82, 2.24) is 20.6 Å². The number of hydrogen-bond acceptors (Lipinski definition) is 3. The van der Waals surface area contributed by atoms with Gasteiger partial charge in [-0.05, 0) is 55.9 Å². The summed E-state index contributed by atoms with van der Waals surface area (Å²) in [6.45, 7) is 7.10. The number of para-hydroxylation sites is 1. The van der Waals surface area contributed by atoms with Gasteiger partial charge in [-0.3, -0.25) is 4.99 Å². The summed E-state index contributed by atoms with van der Waals surface area (Å²) < 4.78 is 0. The second kappa shape index (κ2) is 10.8. The number of anilines is 1. The van der Waals surface area contributed by atoms with Gasteiger partial charge in [0.15, 0.2) is 5.96 Å². The Bertz CT molecular complexity index is 1000. The van der Waals surface area contributed by atoms with Crippen LogP contribution in [0.2, 0.25) is 0 Å². The van der Waals surface area contributed by atoms with Crippen molar-refractivity contribution in [2.75, 3.05) is 31.6 Å². The quantitative estimate of drug-likeness (QED) is 0.262. The Labute approximate surface area is 202 Å². The third-order valence-electron chi connectivity index (χ3n) is 5.98. The lowest BCUT2D eigenvalue weighted by Crippen LogP contribution is -2.49. The van der Waals surface area contributed by atoms with E-state index in [0.717, 1.165) is 50.7 Å². The van der Waals surface area contributed by atoms with Gasteiger partial charge in [-0.1, -0.05) is 24.3 Å². The normalized spacial score (nSPS) is 15.1. The van der Waals surface area contributed by atoms with Crippen molar-refractivity contribution in [3.05, 3.63) is 59.4 Å². The Kier molecular flexibility index (Phi) is 8.17. The standard InChI is InChI=1S/C24H32N6.HI/c1-17-7-8-22(27-15-17)30-13-10-20(11-14-30)29-24(25-3)26-12-9-19-16-28-23-18(2)5-4-6-21(19)23;/h4-8,15-16,20,28H,9-14H2,1-3H3,(H2,25,26,29);1H. The highest BCUT2D eigenvalue weighted by molar-refractivity contribution is 14.0. The molecule has 0 radical (unpaired) electrons. The highest BCUT2D eigenvalue weighted by Gasteiger charge is 2.20. The number of fused-ring (bicyclic) bond motifs is 1. The summed E-state index contributed by atoms with van der Waals surface area (Å²) in [4.78, 5) is 14.8. The number of nitrogens with zero attached hydrogens (tertiary/aromatic N) is 3. The first-order valence-electron chi connectivity index (χ1n) is 10.8. The Hall–Kier alpha value is -2.29. The van der Waals surface area contributed by atoms with Crippen molar-refractivity contribution in [1.29, 1.82) is 0 Å². The van der Waals surface area contributed by atoms with Gasteiger partial charge in [0.05, 0.1) is 0 Å². The molecule has 0 saturated carbocycles. The van der Waals surface area contributed by atoms with Crippen LogP contribution < -0.4 is 15.5 Å². The molecule has 4 rings (SSSR count). The molecule has 0 atom stereocenters. The molecule has 31 heavy (non-hydrogen) atoms. The van der Waals surface area contributed by atoms with E-state index in [-0.39, 0.29) is 24.0 Å². The molecule has 3 N–H and O–H groups in total. The van der Waals surface area contributed by atoms with Crippen molar-refractivity contribution in [2.24, 2.45) is 4.99 Å². The topological polar surface area (TPSA) is 68.3 Å². The van der Waals surface area contributed by atoms with E-state index >= 15 is 0 Å². The van der Waals surface area contributed by atoms with Crippen LogP contribution in [0.15, 0.2) is 47.7 Å². The van der Waals surface area contributed by atoms with Crippen LogP contribution in [-0.2, 0) is 6.42 Å². The molecule has 1 aliphatic rings. The summed E-state index contributed by atoms with van der Waals surface area (Å²) in [5.74, 6) is 1.97. The van der Waals surface area contributed by atoms with Crippen molar-refractivity contribution < 1.29 is 0 Å². The number of aromatic nitrogens is 2. The maximum absolute atomic E-state index is 4.56. The van der Waals surface area contributed by atoms with Gasteiger partial charge in [0.2, 0.25) is 0 Å². The molecule has 0 amide bonds. The Balaban J connectivity index is 0.00000272. The second-order valence-electron chi connectivity index (χ2n) is 8.16. The third-order valence-corrected chi connectivity index (χ3v) is 5.98. The van der Waals surface area contributed by atoms with Gasteiger partial charge < -0.3 is 20.5 Å². The summed E-state index contributed by atoms with van der Waals surface area (Å²) in [5.41, 5.74) is 5.07. The zero-order valence-corrected chi connectivity index (χ0v) is 20.9. The molecule has 0 bridgehead atoms. The highest BCUT2D eigenvalue weighted by Crippen LogP contribution is 2.21.